The summed E-state index contributed by atoms with van der Waals surface area (Å²) in [7, 11) is 0. The van der Waals surface area contributed by atoms with E-state index in [9.17, 15) is 4.79 Å². The summed E-state index contributed by atoms with van der Waals surface area (Å²) in [5.41, 5.74) is 2.46. The van der Waals surface area contributed by atoms with Gasteiger partial charge in [-0.15, -0.1) is 0 Å². The van der Waals surface area contributed by atoms with E-state index in [-0.39, 0.29) is 0 Å². The number of fused-ring (bicyclic) bond motifs is 1. The zero-order valence-corrected chi connectivity index (χ0v) is 10.2. The molecule has 0 saturated carbocycles. The summed E-state index contributed by atoms with van der Waals surface area (Å²) in [6.45, 7) is 0. The first kappa shape index (κ1) is 11.5. The van der Waals surface area contributed by atoms with Crippen LogP contribution in [-0.2, 0) is 0 Å². The van der Waals surface area contributed by atoms with Crippen molar-refractivity contribution in [2.45, 2.75) is 0 Å². The van der Waals surface area contributed by atoms with Gasteiger partial charge in [-0.3, -0.25) is 0 Å². The molecule has 0 aliphatic rings. The lowest BCUT2D eigenvalue weighted by Gasteiger charge is -2.07. The quantitative estimate of drug-likeness (QED) is 0.737. The van der Waals surface area contributed by atoms with E-state index in [4.69, 9.17) is 5.11 Å². The normalized spacial score (nSPS) is 10.5. The second-order valence-electron chi connectivity index (χ2n) is 4.41. The van der Waals surface area contributed by atoms with Crippen molar-refractivity contribution in [1.29, 1.82) is 0 Å². The molecule has 0 bridgehead atoms. The molecule has 0 unspecified atom stereocenters. The molecule has 0 saturated heterocycles. The molecule has 1 N–H and O–H groups in total. The minimum Gasteiger partial charge on any atom is -0.478 e. The van der Waals surface area contributed by atoms with Gasteiger partial charge in [-0.1, -0.05) is 54.6 Å². The molecule has 2 heteroatoms. The minimum absolute atomic E-state index is 0.309. The van der Waals surface area contributed by atoms with E-state index < -0.39 is 5.97 Å². The van der Waals surface area contributed by atoms with Crippen LogP contribution < -0.4 is 0 Å². The minimum atomic E-state index is -0.899. The van der Waals surface area contributed by atoms with Crippen molar-refractivity contribution < 1.29 is 9.90 Å². The van der Waals surface area contributed by atoms with Crippen LogP contribution in [0.25, 0.3) is 21.9 Å². The Balaban J connectivity index is 2.16. The van der Waals surface area contributed by atoms with Gasteiger partial charge in [0.1, 0.15) is 0 Å². The van der Waals surface area contributed by atoms with E-state index in [1.165, 1.54) is 10.8 Å². The first-order valence-electron chi connectivity index (χ1n) is 6.07. The zero-order chi connectivity index (χ0) is 13.2. The average molecular weight is 248 g/mol. The summed E-state index contributed by atoms with van der Waals surface area (Å²) < 4.78 is 0. The van der Waals surface area contributed by atoms with Gasteiger partial charge in [0, 0.05) is 0 Å². The molecule has 2 nitrogen and oxygen atoms in total. The molecule has 0 atom stereocenters. The summed E-state index contributed by atoms with van der Waals surface area (Å²) in [6, 6.07) is 21.3. The van der Waals surface area contributed by atoms with Gasteiger partial charge >= 0.3 is 5.97 Å². The largest absolute Gasteiger partial charge is 0.478 e. The van der Waals surface area contributed by atoms with Gasteiger partial charge in [-0.25, -0.2) is 4.79 Å². The van der Waals surface area contributed by atoms with Crippen LogP contribution >= 0.6 is 0 Å². The Hall–Kier alpha value is -2.61. The molecule has 19 heavy (non-hydrogen) atoms. The number of hydrogen-bond acceptors (Lipinski definition) is 1. The Morgan fingerprint density at radius 2 is 1.47 bits per heavy atom. The Bertz CT molecular complexity index is 737. The number of carboxylic acid groups (broad SMARTS) is 1. The van der Waals surface area contributed by atoms with Crippen molar-refractivity contribution in [3.8, 4) is 11.1 Å². The lowest BCUT2D eigenvalue weighted by atomic mass is 9.97. The molecule has 0 aliphatic carbocycles. The number of aromatic carboxylic acids is 1. The Morgan fingerprint density at radius 3 is 2.21 bits per heavy atom. The smallest absolute Gasteiger partial charge is 0.335 e. The van der Waals surface area contributed by atoms with E-state index >= 15 is 0 Å². The monoisotopic (exact) mass is 248 g/mol. The van der Waals surface area contributed by atoms with Crippen LogP contribution in [0.5, 0.6) is 0 Å². The van der Waals surface area contributed by atoms with E-state index in [0.717, 1.165) is 11.1 Å². The zero-order valence-electron chi connectivity index (χ0n) is 10.2. The van der Waals surface area contributed by atoms with Gasteiger partial charge in [-0.05, 0) is 34.0 Å². The summed E-state index contributed by atoms with van der Waals surface area (Å²) in [4.78, 5) is 10.9. The van der Waals surface area contributed by atoms with Gasteiger partial charge in [0.15, 0.2) is 0 Å². The fraction of sp³-hybridized carbons (Fsp3) is 0. The van der Waals surface area contributed by atoms with E-state index in [1.807, 2.05) is 30.3 Å². The molecular weight excluding hydrogens is 236 g/mol. The van der Waals surface area contributed by atoms with E-state index in [2.05, 4.69) is 24.3 Å². The third kappa shape index (κ3) is 2.08. The molecule has 0 spiro atoms. The number of carboxylic acids is 1. The van der Waals surface area contributed by atoms with Crippen molar-refractivity contribution in [2.24, 2.45) is 0 Å². The molecule has 0 radical (unpaired) electrons. The molecule has 0 amide bonds. The van der Waals surface area contributed by atoms with Crippen LogP contribution in [0.3, 0.4) is 0 Å². The van der Waals surface area contributed by atoms with E-state index in [0.29, 0.717) is 5.56 Å². The highest BCUT2D eigenvalue weighted by atomic mass is 16.4. The molecular formula is C17H12O2. The van der Waals surface area contributed by atoms with E-state index in [1.54, 1.807) is 12.1 Å². The molecule has 0 fully saturated rings. The highest BCUT2D eigenvalue weighted by Crippen LogP contribution is 2.28. The molecule has 92 valence electrons. The SMILES string of the molecule is O=C(O)c1ccc(-c2cccc3ccccc23)cc1. The van der Waals surface area contributed by atoms with Crippen LogP contribution in [-0.4, -0.2) is 11.1 Å². The second kappa shape index (κ2) is 4.58. The lowest BCUT2D eigenvalue weighted by molar-refractivity contribution is 0.0697. The lowest BCUT2D eigenvalue weighted by Crippen LogP contribution is -1.95. The fourth-order valence-corrected chi connectivity index (χ4v) is 2.27. The maximum absolute atomic E-state index is 10.9. The molecule has 0 aromatic heterocycles. The van der Waals surface area contributed by atoms with Crippen LogP contribution in [0, 0.1) is 0 Å². The predicted octanol–water partition coefficient (Wildman–Crippen LogP) is 4.21. The molecule has 3 aromatic carbocycles. The highest BCUT2D eigenvalue weighted by molar-refractivity contribution is 5.97. The van der Waals surface area contributed by atoms with Crippen molar-refractivity contribution in [2.75, 3.05) is 0 Å². The Kier molecular flexibility index (Phi) is 2.76. The van der Waals surface area contributed by atoms with Crippen molar-refractivity contribution >= 4 is 16.7 Å². The third-order valence-corrected chi connectivity index (χ3v) is 3.23. The maximum Gasteiger partial charge on any atom is 0.335 e. The van der Waals surface area contributed by atoms with Crippen molar-refractivity contribution in [3.05, 3.63) is 72.3 Å². The Labute approximate surface area is 110 Å². The molecule has 0 heterocycles. The maximum atomic E-state index is 10.9. The fourth-order valence-electron chi connectivity index (χ4n) is 2.27. The van der Waals surface area contributed by atoms with Crippen molar-refractivity contribution in [3.63, 3.8) is 0 Å². The van der Waals surface area contributed by atoms with Crippen LogP contribution in [0.1, 0.15) is 10.4 Å². The summed E-state index contributed by atoms with van der Waals surface area (Å²) in [6.07, 6.45) is 0. The number of benzene rings is 3. The number of rotatable bonds is 2. The molecule has 3 rings (SSSR count). The first-order chi connectivity index (χ1) is 9.25. The van der Waals surface area contributed by atoms with Crippen LogP contribution in [0.15, 0.2) is 66.7 Å². The van der Waals surface area contributed by atoms with Crippen molar-refractivity contribution in [1.82, 2.24) is 0 Å². The topological polar surface area (TPSA) is 37.3 Å². The summed E-state index contributed by atoms with van der Waals surface area (Å²) in [5.74, 6) is -0.899. The molecule has 3 aromatic rings. The highest BCUT2D eigenvalue weighted by Gasteiger charge is 2.05. The van der Waals surface area contributed by atoms with Gasteiger partial charge in [0.05, 0.1) is 5.56 Å². The number of hydrogen-bond donors (Lipinski definition) is 1. The van der Waals surface area contributed by atoms with Gasteiger partial charge in [0.25, 0.3) is 0 Å². The molecule has 0 aliphatic heterocycles. The Morgan fingerprint density at radius 1 is 0.789 bits per heavy atom. The average Bonchev–Trinajstić information content (AvgIpc) is 2.47. The predicted molar refractivity (Wildman–Crippen MR) is 76.3 cm³/mol. The number of carbonyl (C=O) groups is 1. The van der Waals surface area contributed by atoms with Crippen LogP contribution in [0.2, 0.25) is 0 Å². The third-order valence-electron chi connectivity index (χ3n) is 3.23. The van der Waals surface area contributed by atoms with Gasteiger partial charge in [-0.2, -0.15) is 0 Å². The second-order valence-corrected chi connectivity index (χ2v) is 4.41. The van der Waals surface area contributed by atoms with Crippen LogP contribution in [0.4, 0.5) is 0 Å². The van der Waals surface area contributed by atoms with Gasteiger partial charge in [0.2, 0.25) is 0 Å². The summed E-state index contributed by atoms with van der Waals surface area (Å²) >= 11 is 0. The first-order valence-corrected chi connectivity index (χ1v) is 6.07. The van der Waals surface area contributed by atoms with Gasteiger partial charge < -0.3 is 5.11 Å². The standard InChI is InChI=1S/C17H12O2/c18-17(19)14-10-8-13(9-11-14)16-7-3-5-12-4-1-2-6-15(12)16/h1-11H,(H,18,19). The summed E-state index contributed by atoms with van der Waals surface area (Å²) in [5, 5.41) is 11.3.